The SMILES string of the molecule is CCC1CCC(Cn2c(C(C)C)nc3c2CCNC3)CC1. The molecule has 0 atom stereocenters. The second kappa shape index (κ2) is 6.51. The lowest BCUT2D eigenvalue weighted by atomic mass is 9.81. The van der Waals surface area contributed by atoms with Crippen molar-refractivity contribution in [2.24, 2.45) is 11.8 Å². The van der Waals surface area contributed by atoms with Crippen LogP contribution in [-0.4, -0.2) is 16.1 Å². The van der Waals surface area contributed by atoms with Gasteiger partial charge in [0.1, 0.15) is 5.82 Å². The monoisotopic (exact) mass is 289 g/mol. The lowest BCUT2D eigenvalue weighted by molar-refractivity contribution is 0.244. The van der Waals surface area contributed by atoms with Crippen molar-refractivity contribution < 1.29 is 0 Å². The number of nitrogens with one attached hydrogen (secondary N) is 1. The third kappa shape index (κ3) is 3.18. The summed E-state index contributed by atoms with van der Waals surface area (Å²) < 4.78 is 2.60. The van der Waals surface area contributed by atoms with E-state index in [2.05, 4.69) is 30.7 Å². The topological polar surface area (TPSA) is 29.9 Å². The molecule has 0 bridgehead atoms. The molecule has 2 aliphatic rings. The normalized spacial score (nSPS) is 26.1. The number of nitrogens with zero attached hydrogens (tertiary/aromatic N) is 2. The van der Waals surface area contributed by atoms with Crippen molar-refractivity contribution in [1.82, 2.24) is 14.9 Å². The van der Waals surface area contributed by atoms with Crippen LogP contribution in [0.25, 0.3) is 0 Å². The summed E-state index contributed by atoms with van der Waals surface area (Å²) >= 11 is 0. The zero-order valence-electron chi connectivity index (χ0n) is 14.0. The first-order chi connectivity index (χ1) is 10.2. The maximum Gasteiger partial charge on any atom is 0.111 e. The minimum Gasteiger partial charge on any atom is -0.331 e. The minimum absolute atomic E-state index is 0.530. The standard InChI is InChI=1S/C18H31N3/c1-4-14-5-7-15(8-6-14)12-21-17-9-10-19-11-16(17)20-18(21)13(2)3/h13-15,19H,4-12H2,1-3H3. The molecule has 1 aliphatic carbocycles. The van der Waals surface area contributed by atoms with Gasteiger partial charge in [-0.1, -0.05) is 40.0 Å². The molecule has 0 aromatic carbocycles. The van der Waals surface area contributed by atoms with Gasteiger partial charge in [-0.2, -0.15) is 0 Å². The number of rotatable bonds is 4. The Morgan fingerprint density at radius 2 is 1.90 bits per heavy atom. The molecule has 1 fully saturated rings. The van der Waals surface area contributed by atoms with Gasteiger partial charge in [-0.25, -0.2) is 4.98 Å². The van der Waals surface area contributed by atoms with Crippen molar-refractivity contribution in [2.75, 3.05) is 6.54 Å². The smallest absolute Gasteiger partial charge is 0.111 e. The Hall–Kier alpha value is -0.830. The fourth-order valence-corrected chi connectivity index (χ4v) is 4.12. The fourth-order valence-electron chi connectivity index (χ4n) is 4.12. The summed E-state index contributed by atoms with van der Waals surface area (Å²) in [7, 11) is 0. The first kappa shape index (κ1) is 15.1. The number of imidazole rings is 1. The van der Waals surface area contributed by atoms with Crippen molar-refractivity contribution in [3.63, 3.8) is 0 Å². The molecule has 21 heavy (non-hydrogen) atoms. The number of hydrogen-bond donors (Lipinski definition) is 1. The summed E-state index contributed by atoms with van der Waals surface area (Å²) in [5, 5.41) is 3.46. The van der Waals surface area contributed by atoms with E-state index in [0.717, 1.165) is 31.3 Å². The predicted molar refractivity (Wildman–Crippen MR) is 87.5 cm³/mol. The number of hydrogen-bond acceptors (Lipinski definition) is 2. The molecule has 2 heterocycles. The van der Waals surface area contributed by atoms with Gasteiger partial charge in [0.05, 0.1) is 5.69 Å². The average molecular weight is 289 g/mol. The quantitative estimate of drug-likeness (QED) is 0.912. The van der Waals surface area contributed by atoms with Gasteiger partial charge < -0.3 is 9.88 Å². The highest BCUT2D eigenvalue weighted by Crippen LogP contribution is 2.33. The maximum atomic E-state index is 4.95. The number of aromatic nitrogens is 2. The molecule has 1 aliphatic heterocycles. The summed E-state index contributed by atoms with van der Waals surface area (Å²) in [6.45, 7) is 10.2. The second-order valence-electron chi connectivity index (χ2n) is 7.35. The van der Waals surface area contributed by atoms with Crippen molar-refractivity contribution in [3.05, 3.63) is 17.2 Å². The van der Waals surface area contributed by atoms with E-state index >= 15 is 0 Å². The molecule has 1 aromatic heterocycles. The van der Waals surface area contributed by atoms with E-state index in [1.807, 2.05) is 0 Å². The molecule has 1 aromatic rings. The summed E-state index contributed by atoms with van der Waals surface area (Å²) in [5.74, 6) is 3.72. The van der Waals surface area contributed by atoms with E-state index in [0.29, 0.717) is 5.92 Å². The summed E-state index contributed by atoms with van der Waals surface area (Å²) in [6, 6.07) is 0. The largest absolute Gasteiger partial charge is 0.331 e. The highest BCUT2D eigenvalue weighted by molar-refractivity contribution is 5.21. The van der Waals surface area contributed by atoms with Gasteiger partial charge in [0.15, 0.2) is 0 Å². The highest BCUT2D eigenvalue weighted by atomic mass is 15.1. The van der Waals surface area contributed by atoms with Crippen LogP contribution >= 0.6 is 0 Å². The molecular weight excluding hydrogens is 258 g/mol. The molecule has 0 saturated heterocycles. The van der Waals surface area contributed by atoms with Crippen LogP contribution in [0.1, 0.15) is 76.0 Å². The predicted octanol–water partition coefficient (Wildman–Crippen LogP) is 3.87. The zero-order valence-corrected chi connectivity index (χ0v) is 14.0. The summed E-state index contributed by atoms with van der Waals surface area (Å²) in [5.41, 5.74) is 2.84. The average Bonchev–Trinajstić information content (AvgIpc) is 2.87. The van der Waals surface area contributed by atoms with Gasteiger partial charge in [0.2, 0.25) is 0 Å². The van der Waals surface area contributed by atoms with E-state index in [1.54, 1.807) is 0 Å². The van der Waals surface area contributed by atoms with Gasteiger partial charge >= 0.3 is 0 Å². The molecule has 1 N–H and O–H groups in total. The Kier molecular flexibility index (Phi) is 4.68. The summed E-state index contributed by atoms with van der Waals surface area (Å²) in [6.07, 6.45) is 8.24. The third-order valence-electron chi connectivity index (χ3n) is 5.52. The summed E-state index contributed by atoms with van der Waals surface area (Å²) in [4.78, 5) is 4.95. The van der Waals surface area contributed by atoms with Gasteiger partial charge in [0, 0.05) is 37.7 Å². The molecule has 0 amide bonds. The van der Waals surface area contributed by atoms with E-state index in [4.69, 9.17) is 4.98 Å². The van der Waals surface area contributed by atoms with Crippen LogP contribution in [0.2, 0.25) is 0 Å². The Bertz CT molecular complexity index is 467. The van der Waals surface area contributed by atoms with Crippen LogP contribution in [0.3, 0.4) is 0 Å². The molecule has 3 nitrogen and oxygen atoms in total. The molecule has 118 valence electrons. The van der Waals surface area contributed by atoms with E-state index in [1.165, 1.54) is 55.9 Å². The molecule has 3 heteroatoms. The lowest BCUT2D eigenvalue weighted by Gasteiger charge is -2.29. The second-order valence-corrected chi connectivity index (χ2v) is 7.35. The Balaban J connectivity index is 1.76. The van der Waals surface area contributed by atoms with Crippen LogP contribution in [-0.2, 0) is 19.5 Å². The van der Waals surface area contributed by atoms with Crippen LogP contribution in [0.5, 0.6) is 0 Å². The molecular formula is C18H31N3. The van der Waals surface area contributed by atoms with Crippen LogP contribution < -0.4 is 5.32 Å². The van der Waals surface area contributed by atoms with Crippen molar-refractivity contribution >= 4 is 0 Å². The fraction of sp³-hybridized carbons (Fsp3) is 0.833. The van der Waals surface area contributed by atoms with E-state index in [-0.39, 0.29) is 0 Å². The molecule has 1 saturated carbocycles. The zero-order chi connectivity index (χ0) is 14.8. The van der Waals surface area contributed by atoms with Gasteiger partial charge in [-0.3, -0.25) is 0 Å². The van der Waals surface area contributed by atoms with E-state index < -0.39 is 0 Å². The van der Waals surface area contributed by atoms with Gasteiger partial charge in [0.25, 0.3) is 0 Å². The first-order valence-corrected chi connectivity index (χ1v) is 8.97. The third-order valence-corrected chi connectivity index (χ3v) is 5.52. The van der Waals surface area contributed by atoms with Crippen LogP contribution in [0.4, 0.5) is 0 Å². The van der Waals surface area contributed by atoms with Crippen molar-refractivity contribution in [1.29, 1.82) is 0 Å². The Labute approximate surface area is 129 Å². The van der Waals surface area contributed by atoms with Crippen LogP contribution in [0.15, 0.2) is 0 Å². The highest BCUT2D eigenvalue weighted by Gasteiger charge is 2.25. The Morgan fingerprint density at radius 1 is 1.19 bits per heavy atom. The number of fused-ring (bicyclic) bond motifs is 1. The van der Waals surface area contributed by atoms with Gasteiger partial charge in [-0.05, 0) is 24.7 Å². The van der Waals surface area contributed by atoms with Crippen molar-refractivity contribution in [2.45, 2.75) is 78.3 Å². The van der Waals surface area contributed by atoms with Crippen LogP contribution in [0, 0.1) is 11.8 Å². The van der Waals surface area contributed by atoms with Crippen molar-refractivity contribution in [3.8, 4) is 0 Å². The molecule has 3 rings (SSSR count). The molecule has 0 radical (unpaired) electrons. The molecule has 0 spiro atoms. The van der Waals surface area contributed by atoms with E-state index in [9.17, 15) is 0 Å². The minimum atomic E-state index is 0.530. The Morgan fingerprint density at radius 3 is 2.57 bits per heavy atom. The molecule has 0 unspecified atom stereocenters. The first-order valence-electron chi connectivity index (χ1n) is 8.97. The lowest BCUT2D eigenvalue weighted by Crippen LogP contribution is -2.27. The maximum absolute atomic E-state index is 4.95. The van der Waals surface area contributed by atoms with Gasteiger partial charge in [-0.15, -0.1) is 0 Å².